The van der Waals surface area contributed by atoms with Crippen LogP contribution in [0.2, 0.25) is 0 Å². The zero-order valence-corrected chi connectivity index (χ0v) is 16.0. The number of sulfonamides is 1. The molecular formula is C19H28N2O3S. The maximum Gasteiger partial charge on any atom is 0.243 e. The fourth-order valence-electron chi connectivity index (χ4n) is 3.86. The molecule has 2 aliphatic heterocycles. The smallest absolute Gasteiger partial charge is 0.243 e. The number of hydrogen-bond acceptors (Lipinski definition) is 3. The summed E-state index contributed by atoms with van der Waals surface area (Å²) in [5, 5.41) is 0. The van der Waals surface area contributed by atoms with Gasteiger partial charge in [-0.2, -0.15) is 4.31 Å². The van der Waals surface area contributed by atoms with Crippen molar-refractivity contribution in [3.63, 3.8) is 0 Å². The van der Waals surface area contributed by atoms with Crippen molar-refractivity contribution >= 4 is 15.9 Å². The molecule has 2 aliphatic rings. The standard InChI is InChI=1S/C19H28N2O3S/c1-3-15(4-2)19(22)20-12-9-16-7-8-18(13-17(16)14-20)25(23,24)21-10-5-6-11-21/h7-8,13,15H,3-6,9-12,14H2,1-2H3. The first kappa shape index (κ1) is 18.4. The molecule has 1 fully saturated rings. The molecular weight excluding hydrogens is 336 g/mol. The molecule has 0 atom stereocenters. The zero-order chi connectivity index (χ0) is 18.0. The van der Waals surface area contributed by atoms with Gasteiger partial charge in [0.25, 0.3) is 0 Å². The Morgan fingerprint density at radius 3 is 2.40 bits per heavy atom. The Morgan fingerprint density at radius 1 is 1.08 bits per heavy atom. The molecule has 6 heteroatoms. The number of hydrogen-bond donors (Lipinski definition) is 0. The van der Waals surface area contributed by atoms with E-state index in [1.165, 1.54) is 0 Å². The van der Waals surface area contributed by atoms with Gasteiger partial charge in [0.15, 0.2) is 0 Å². The van der Waals surface area contributed by atoms with Crippen molar-refractivity contribution < 1.29 is 13.2 Å². The first-order valence-electron chi connectivity index (χ1n) is 9.38. The summed E-state index contributed by atoms with van der Waals surface area (Å²) in [5.74, 6) is 0.265. The second-order valence-electron chi connectivity index (χ2n) is 7.06. The monoisotopic (exact) mass is 364 g/mol. The summed E-state index contributed by atoms with van der Waals surface area (Å²) >= 11 is 0. The zero-order valence-electron chi connectivity index (χ0n) is 15.2. The fraction of sp³-hybridized carbons (Fsp3) is 0.632. The van der Waals surface area contributed by atoms with Crippen LogP contribution in [0.15, 0.2) is 23.1 Å². The molecule has 0 unspecified atom stereocenters. The first-order valence-corrected chi connectivity index (χ1v) is 10.8. The number of nitrogens with zero attached hydrogens (tertiary/aromatic N) is 2. The number of amides is 1. The Bertz CT molecular complexity index is 735. The molecule has 25 heavy (non-hydrogen) atoms. The summed E-state index contributed by atoms with van der Waals surface area (Å²) in [6, 6.07) is 5.44. The Morgan fingerprint density at radius 2 is 1.76 bits per heavy atom. The summed E-state index contributed by atoms with van der Waals surface area (Å²) < 4.78 is 27.1. The third-order valence-electron chi connectivity index (χ3n) is 5.54. The van der Waals surface area contributed by atoms with Crippen LogP contribution in [-0.4, -0.2) is 43.2 Å². The van der Waals surface area contributed by atoms with E-state index in [2.05, 4.69) is 0 Å². The van der Waals surface area contributed by atoms with Crippen LogP contribution in [0.5, 0.6) is 0 Å². The second-order valence-corrected chi connectivity index (χ2v) is 9.00. The van der Waals surface area contributed by atoms with Gasteiger partial charge in [-0.05, 0) is 55.4 Å². The Kier molecular flexibility index (Phi) is 5.49. The van der Waals surface area contributed by atoms with E-state index in [1.54, 1.807) is 16.4 Å². The number of rotatable bonds is 5. The molecule has 0 saturated carbocycles. The molecule has 1 aromatic carbocycles. The van der Waals surface area contributed by atoms with Crippen molar-refractivity contribution in [2.45, 2.75) is 57.4 Å². The number of benzene rings is 1. The van der Waals surface area contributed by atoms with Gasteiger partial charge in [0, 0.05) is 32.1 Å². The maximum atomic E-state index is 12.8. The highest BCUT2D eigenvalue weighted by Gasteiger charge is 2.30. The highest BCUT2D eigenvalue weighted by molar-refractivity contribution is 7.89. The molecule has 0 radical (unpaired) electrons. The lowest BCUT2D eigenvalue weighted by Crippen LogP contribution is -2.39. The highest BCUT2D eigenvalue weighted by atomic mass is 32.2. The number of carbonyl (C=O) groups is 1. The van der Waals surface area contributed by atoms with Crippen LogP contribution >= 0.6 is 0 Å². The third kappa shape index (κ3) is 3.60. The molecule has 0 aromatic heterocycles. The van der Waals surface area contributed by atoms with Crippen molar-refractivity contribution in [2.75, 3.05) is 19.6 Å². The van der Waals surface area contributed by atoms with Crippen molar-refractivity contribution in [1.29, 1.82) is 0 Å². The highest BCUT2D eigenvalue weighted by Crippen LogP contribution is 2.27. The van der Waals surface area contributed by atoms with Crippen LogP contribution in [0.1, 0.15) is 50.7 Å². The van der Waals surface area contributed by atoms with Gasteiger partial charge in [-0.15, -0.1) is 0 Å². The van der Waals surface area contributed by atoms with E-state index in [-0.39, 0.29) is 11.8 Å². The predicted molar refractivity (Wildman–Crippen MR) is 97.6 cm³/mol. The van der Waals surface area contributed by atoms with Crippen molar-refractivity contribution in [2.24, 2.45) is 5.92 Å². The van der Waals surface area contributed by atoms with E-state index in [9.17, 15) is 13.2 Å². The lowest BCUT2D eigenvalue weighted by Gasteiger charge is -2.32. The van der Waals surface area contributed by atoms with Gasteiger partial charge in [-0.1, -0.05) is 19.9 Å². The fourth-order valence-corrected chi connectivity index (χ4v) is 5.42. The van der Waals surface area contributed by atoms with Crippen LogP contribution in [0, 0.1) is 5.92 Å². The average Bonchev–Trinajstić information content (AvgIpc) is 3.17. The summed E-state index contributed by atoms with van der Waals surface area (Å²) in [4.78, 5) is 14.9. The lowest BCUT2D eigenvalue weighted by atomic mass is 9.96. The average molecular weight is 365 g/mol. The molecule has 5 nitrogen and oxygen atoms in total. The topological polar surface area (TPSA) is 57.7 Å². The molecule has 0 bridgehead atoms. The summed E-state index contributed by atoms with van der Waals surface area (Å²) in [7, 11) is -3.41. The van der Waals surface area contributed by atoms with Crippen LogP contribution in [0.3, 0.4) is 0 Å². The van der Waals surface area contributed by atoms with E-state index >= 15 is 0 Å². The van der Waals surface area contributed by atoms with E-state index in [1.807, 2.05) is 24.8 Å². The molecule has 1 amide bonds. The molecule has 138 valence electrons. The van der Waals surface area contributed by atoms with Gasteiger partial charge in [-0.3, -0.25) is 4.79 Å². The minimum Gasteiger partial charge on any atom is -0.338 e. The first-order chi connectivity index (χ1) is 12.0. The predicted octanol–water partition coefficient (Wildman–Crippen LogP) is 2.79. The molecule has 2 heterocycles. The third-order valence-corrected chi connectivity index (χ3v) is 7.43. The minimum absolute atomic E-state index is 0.0677. The minimum atomic E-state index is -3.41. The van der Waals surface area contributed by atoms with Crippen LogP contribution in [0.25, 0.3) is 0 Å². The number of carbonyl (C=O) groups excluding carboxylic acids is 1. The van der Waals surface area contributed by atoms with E-state index in [0.717, 1.165) is 49.8 Å². The van der Waals surface area contributed by atoms with Gasteiger partial charge in [0.1, 0.15) is 0 Å². The van der Waals surface area contributed by atoms with Gasteiger partial charge >= 0.3 is 0 Å². The molecule has 1 aromatic rings. The van der Waals surface area contributed by atoms with E-state index in [0.29, 0.717) is 24.5 Å². The summed E-state index contributed by atoms with van der Waals surface area (Å²) in [5.41, 5.74) is 2.14. The van der Waals surface area contributed by atoms with E-state index < -0.39 is 10.0 Å². The molecule has 0 aliphatic carbocycles. The second kappa shape index (κ2) is 7.46. The van der Waals surface area contributed by atoms with Crippen LogP contribution in [0.4, 0.5) is 0 Å². The van der Waals surface area contributed by atoms with Gasteiger partial charge < -0.3 is 4.90 Å². The largest absolute Gasteiger partial charge is 0.338 e. The Labute approximate surface area is 151 Å². The quantitative estimate of drug-likeness (QED) is 0.807. The van der Waals surface area contributed by atoms with Gasteiger partial charge in [0.2, 0.25) is 15.9 Å². The Hall–Kier alpha value is -1.40. The van der Waals surface area contributed by atoms with Crippen molar-refractivity contribution in [3.8, 4) is 0 Å². The van der Waals surface area contributed by atoms with Gasteiger partial charge in [0.05, 0.1) is 4.90 Å². The molecule has 0 spiro atoms. The summed E-state index contributed by atoms with van der Waals surface area (Å²) in [6.07, 6.45) is 4.36. The van der Waals surface area contributed by atoms with Gasteiger partial charge in [-0.25, -0.2) is 8.42 Å². The van der Waals surface area contributed by atoms with Crippen LogP contribution in [-0.2, 0) is 27.8 Å². The molecule has 3 rings (SSSR count). The maximum absolute atomic E-state index is 12.8. The molecule has 1 saturated heterocycles. The number of fused-ring (bicyclic) bond motifs is 1. The lowest BCUT2D eigenvalue weighted by molar-refractivity contribution is -0.136. The Balaban J connectivity index is 1.83. The van der Waals surface area contributed by atoms with E-state index in [4.69, 9.17) is 0 Å². The SMILES string of the molecule is CCC(CC)C(=O)N1CCc2ccc(S(=O)(=O)N3CCCC3)cc2C1. The van der Waals surface area contributed by atoms with Crippen LogP contribution < -0.4 is 0 Å². The summed E-state index contributed by atoms with van der Waals surface area (Å²) in [6.45, 7) is 6.56. The normalized spacial score (nSPS) is 18.6. The van der Waals surface area contributed by atoms with Crippen molar-refractivity contribution in [3.05, 3.63) is 29.3 Å². The van der Waals surface area contributed by atoms with Crippen molar-refractivity contribution in [1.82, 2.24) is 9.21 Å². The molecule has 0 N–H and O–H groups in total.